The minimum atomic E-state index is -0.238. The van der Waals surface area contributed by atoms with Crippen LogP contribution >= 0.6 is 0 Å². The van der Waals surface area contributed by atoms with Gasteiger partial charge in [-0.05, 0) is 39.8 Å². The van der Waals surface area contributed by atoms with Crippen molar-refractivity contribution in [2.75, 3.05) is 19.7 Å². The molecule has 1 unspecified atom stereocenters. The van der Waals surface area contributed by atoms with E-state index < -0.39 is 0 Å². The van der Waals surface area contributed by atoms with Crippen LogP contribution in [0.1, 0.15) is 37.5 Å². The number of rotatable bonds is 5. The predicted molar refractivity (Wildman–Crippen MR) is 69.6 cm³/mol. The first-order chi connectivity index (χ1) is 9.15. The lowest BCUT2D eigenvalue weighted by atomic mass is 10.1. The molecule has 1 atom stereocenters. The van der Waals surface area contributed by atoms with E-state index in [-0.39, 0.29) is 24.7 Å². The summed E-state index contributed by atoms with van der Waals surface area (Å²) in [5, 5.41) is 6.07. The zero-order valence-electron chi connectivity index (χ0n) is 11.4. The van der Waals surface area contributed by atoms with Crippen LogP contribution < -0.4 is 10.6 Å². The van der Waals surface area contributed by atoms with E-state index in [4.69, 9.17) is 9.15 Å². The number of carbonyl (C=O) groups excluding carboxylic acids is 1. The standard InChI is InChI=1S/C13H21N3O3/c1-9-7-15-13(19-9)10(2)16-12(17)8-18-11-3-5-14-6-4-11/h7,10-11,14H,3-6,8H2,1-2H3,(H,16,17). The van der Waals surface area contributed by atoms with Crippen molar-refractivity contribution in [1.82, 2.24) is 15.6 Å². The summed E-state index contributed by atoms with van der Waals surface area (Å²) in [4.78, 5) is 15.8. The number of hydrogen-bond acceptors (Lipinski definition) is 5. The summed E-state index contributed by atoms with van der Waals surface area (Å²) < 4.78 is 10.9. The molecule has 106 valence electrons. The van der Waals surface area contributed by atoms with Crippen LogP contribution in [0.2, 0.25) is 0 Å². The van der Waals surface area contributed by atoms with Crippen LogP contribution in [-0.2, 0) is 9.53 Å². The van der Waals surface area contributed by atoms with E-state index in [0.29, 0.717) is 5.89 Å². The summed E-state index contributed by atoms with van der Waals surface area (Å²) in [6, 6.07) is -0.238. The van der Waals surface area contributed by atoms with Gasteiger partial charge in [-0.1, -0.05) is 0 Å². The summed E-state index contributed by atoms with van der Waals surface area (Å²) >= 11 is 0. The first-order valence-electron chi connectivity index (χ1n) is 6.69. The molecule has 1 aliphatic heterocycles. The number of carbonyl (C=O) groups is 1. The van der Waals surface area contributed by atoms with Crippen LogP contribution in [0.4, 0.5) is 0 Å². The molecule has 6 nitrogen and oxygen atoms in total. The highest BCUT2D eigenvalue weighted by Gasteiger charge is 2.17. The van der Waals surface area contributed by atoms with Gasteiger partial charge in [0.05, 0.1) is 12.3 Å². The van der Waals surface area contributed by atoms with Crippen molar-refractivity contribution in [2.24, 2.45) is 0 Å². The highest BCUT2D eigenvalue weighted by atomic mass is 16.5. The van der Waals surface area contributed by atoms with Gasteiger partial charge in [0.25, 0.3) is 0 Å². The molecule has 1 saturated heterocycles. The van der Waals surface area contributed by atoms with E-state index >= 15 is 0 Å². The number of oxazole rings is 1. The predicted octanol–water partition coefficient (Wildman–Crippen LogP) is 0.929. The Morgan fingerprint density at radius 2 is 2.37 bits per heavy atom. The Balaban J connectivity index is 1.71. The average molecular weight is 267 g/mol. The third kappa shape index (κ3) is 4.33. The fraction of sp³-hybridized carbons (Fsp3) is 0.692. The van der Waals surface area contributed by atoms with E-state index in [2.05, 4.69) is 15.6 Å². The van der Waals surface area contributed by atoms with Gasteiger partial charge in [0.2, 0.25) is 11.8 Å². The van der Waals surface area contributed by atoms with Crippen molar-refractivity contribution in [3.8, 4) is 0 Å². The van der Waals surface area contributed by atoms with Gasteiger partial charge < -0.3 is 19.8 Å². The summed E-state index contributed by atoms with van der Waals surface area (Å²) in [5.74, 6) is 1.12. The Kier molecular flexibility index (Phi) is 4.93. The molecule has 1 aliphatic rings. The molecule has 0 aromatic carbocycles. The fourth-order valence-electron chi connectivity index (χ4n) is 2.07. The monoisotopic (exact) mass is 267 g/mol. The van der Waals surface area contributed by atoms with Crippen molar-refractivity contribution in [3.63, 3.8) is 0 Å². The van der Waals surface area contributed by atoms with Crippen LogP contribution in [-0.4, -0.2) is 36.7 Å². The molecule has 0 bridgehead atoms. The summed E-state index contributed by atoms with van der Waals surface area (Å²) in [7, 11) is 0. The van der Waals surface area contributed by atoms with Crippen LogP contribution in [0.3, 0.4) is 0 Å². The van der Waals surface area contributed by atoms with Crippen molar-refractivity contribution in [3.05, 3.63) is 17.8 Å². The van der Waals surface area contributed by atoms with E-state index in [1.165, 1.54) is 0 Å². The van der Waals surface area contributed by atoms with E-state index in [9.17, 15) is 4.79 Å². The van der Waals surface area contributed by atoms with E-state index in [1.807, 2.05) is 13.8 Å². The van der Waals surface area contributed by atoms with Gasteiger partial charge in [-0.15, -0.1) is 0 Å². The molecule has 1 amide bonds. The van der Waals surface area contributed by atoms with Crippen LogP contribution in [0.15, 0.2) is 10.6 Å². The molecule has 1 fully saturated rings. The maximum atomic E-state index is 11.8. The summed E-state index contributed by atoms with van der Waals surface area (Å²) in [6.45, 7) is 5.67. The van der Waals surface area contributed by atoms with Crippen molar-refractivity contribution < 1.29 is 13.9 Å². The van der Waals surface area contributed by atoms with Crippen LogP contribution in [0.25, 0.3) is 0 Å². The van der Waals surface area contributed by atoms with Crippen LogP contribution in [0, 0.1) is 6.92 Å². The summed E-state index contributed by atoms with van der Waals surface area (Å²) in [6.07, 6.45) is 3.75. The molecule has 1 aromatic heterocycles. The van der Waals surface area contributed by atoms with Crippen LogP contribution in [0.5, 0.6) is 0 Å². The Hall–Kier alpha value is -1.40. The minimum absolute atomic E-state index is 0.0920. The molecule has 2 rings (SSSR count). The molecule has 0 spiro atoms. The lowest BCUT2D eigenvalue weighted by Crippen LogP contribution is -2.36. The molecule has 0 aliphatic carbocycles. The number of aryl methyl sites for hydroxylation is 1. The fourth-order valence-corrected chi connectivity index (χ4v) is 2.07. The largest absolute Gasteiger partial charge is 0.444 e. The molecule has 0 radical (unpaired) electrons. The second-order valence-electron chi connectivity index (χ2n) is 4.86. The zero-order valence-corrected chi connectivity index (χ0v) is 11.4. The Morgan fingerprint density at radius 3 is 3.00 bits per heavy atom. The minimum Gasteiger partial charge on any atom is -0.444 e. The van der Waals surface area contributed by atoms with Gasteiger partial charge in [0.1, 0.15) is 18.4 Å². The normalized spacial score (nSPS) is 18.2. The van der Waals surface area contributed by atoms with Crippen molar-refractivity contribution in [2.45, 2.75) is 38.8 Å². The van der Waals surface area contributed by atoms with Gasteiger partial charge in [-0.25, -0.2) is 4.98 Å². The Morgan fingerprint density at radius 1 is 1.63 bits per heavy atom. The molecule has 6 heteroatoms. The number of aromatic nitrogens is 1. The third-order valence-electron chi connectivity index (χ3n) is 3.12. The highest BCUT2D eigenvalue weighted by Crippen LogP contribution is 2.12. The Bertz CT molecular complexity index is 413. The number of piperidine rings is 1. The lowest BCUT2D eigenvalue weighted by molar-refractivity contribution is -0.129. The topological polar surface area (TPSA) is 76.4 Å². The number of nitrogens with zero attached hydrogens (tertiary/aromatic N) is 1. The second kappa shape index (κ2) is 6.68. The SMILES string of the molecule is Cc1cnc(C(C)NC(=O)COC2CCNCC2)o1. The van der Waals surface area contributed by atoms with E-state index in [1.54, 1.807) is 6.20 Å². The maximum absolute atomic E-state index is 11.8. The number of nitrogens with one attached hydrogen (secondary N) is 2. The molecule has 1 aromatic rings. The number of hydrogen-bond donors (Lipinski definition) is 2. The Labute approximate surface area is 112 Å². The van der Waals surface area contributed by atoms with Gasteiger partial charge in [0, 0.05) is 0 Å². The molecule has 2 heterocycles. The number of amides is 1. The lowest BCUT2D eigenvalue weighted by Gasteiger charge is -2.22. The smallest absolute Gasteiger partial charge is 0.246 e. The van der Waals surface area contributed by atoms with Gasteiger partial charge in [-0.3, -0.25) is 4.79 Å². The maximum Gasteiger partial charge on any atom is 0.246 e. The van der Waals surface area contributed by atoms with Crippen molar-refractivity contribution >= 4 is 5.91 Å². The molecular weight excluding hydrogens is 246 g/mol. The van der Waals surface area contributed by atoms with Crippen molar-refractivity contribution in [1.29, 1.82) is 0 Å². The van der Waals surface area contributed by atoms with Gasteiger partial charge >= 0.3 is 0 Å². The average Bonchev–Trinajstić information content (AvgIpc) is 2.84. The van der Waals surface area contributed by atoms with E-state index in [0.717, 1.165) is 31.7 Å². The first-order valence-corrected chi connectivity index (χ1v) is 6.69. The number of ether oxygens (including phenoxy) is 1. The second-order valence-corrected chi connectivity index (χ2v) is 4.86. The highest BCUT2D eigenvalue weighted by molar-refractivity contribution is 5.77. The summed E-state index contributed by atoms with van der Waals surface area (Å²) in [5.41, 5.74) is 0. The quantitative estimate of drug-likeness (QED) is 0.830. The third-order valence-corrected chi connectivity index (χ3v) is 3.12. The molecule has 0 saturated carbocycles. The first kappa shape index (κ1) is 14.0. The molecule has 2 N–H and O–H groups in total. The zero-order chi connectivity index (χ0) is 13.7. The van der Waals surface area contributed by atoms with Gasteiger partial charge in [0.15, 0.2) is 0 Å². The van der Waals surface area contributed by atoms with Gasteiger partial charge in [-0.2, -0.15) is 0 Å². The molecule has 19 heavy (non-hydrogen) atoms. The molecular formula is C13H21N3O3.